The highest BCUT2D eigenvalue weighted by atomic mass is 16.2. The van der Waals surface area contributed by atoms with Gasteiger partial charge in [0.2, 0.25) is 5.91 Å². The van der Waals surface area contributed by atoms with Crippen molar-refractivity contribution in [3.05, 3.63) is 66.4 Å². The van der Waals surface area contributed by atoms with E-state index in [0.29, 0.717) is 11.5 Å². The molecule has 2 heterocycles. The summed E-state index contributed by atoms with van der Waals surface area (Å²) < 4.78 is 1.60. The van der Waals surface area contributed by atoms with E-state index in [0.717, 1.165) is 16.7 Å². The number of benzene rings is 2. The minimum absolute atomic E-state index is 0.0304. The molecule has 4 rings (SSSR count). The zero-order chi connectivity index (χ0) is 18.1. The smallest absolute Gasteiger partial charge is 0.251 e. The van der Waals surface area contributed by atoms with Gasteiger partial charge in [-0.1, -0.05) is 48.0 Å². The standard InChI is InChI=1S/C20H18N4O2/c1-13-7-9-15(10-8-13)22-18(25)11-17-20(26)23-19-16(12-21-24(17)19)14-5-3-2-4-6-14/h2-10,12,17H,11H2,1H3,(H,22,25)(H,23,26)/t17-/m1/s1. The normalized spacial score (nSPS) is 15.4. The second kappa shape index (κ2) is 6.48. The monoisotopic (exact) mass is 346 g/mol. The van der Waals surface area contributed by atoms with Crippen LogP contribution in [0.5, 0.6) is 0 Å². The third-order valence-corrected chi connectivity index (χ3v) is 4.43. The van der Waals surface area contributed by atoms with Gasteiger partial charge in [-0.15, -0.1) is 0 Å². The van der Waals surface area contributed by atoms with Crippen LogP contribution >= 0.6 is 0 Å². The first kappa shape index (κ1) is 16.1. The SMILES string of the molecule is Cc1ccc(NC(=O)C[C@@H]2C(=O)Nc3c(-c4ccccc4)cnn32)cc1. The van der Waals surface area contributed by atoms with Crippen molar-refractivity contribution in [3.63, 3.8) is 0 Å². The highest BCUT2D eigenvalue weighted by Gasteiger charge is 2.35. The van der Waals surface area contributed by atoms with Crippen molar-refractivity contribution < 1.29 is 9.59 Å². The van der Waals surface area contributed by atoms with E-state index in [1.54, 1.807) is 10.9 Å². The lowest BCUT2D eigenvalue weighted by atomic mass is 10.1. The van der Waals surface area contributed by atoms with Crippen LogP contribution < -0.4 is 10.6 Å². The maximum absolute atomic E-state index is 12.4. The molecule has 0 bridgehead atoms. The van der Waals surface area contributed by atoms with Gasteiger partial charge < -0.3 is 10.6 Å². The Kier molecular flexibility index (Phi) is 4.01. The number of aryl methyl sites for hydroxylation is 1. The maximum atomic E-state index is 12.4. The van der Waals surface area contributed by atoms with Crippen LogP contribution in [0.25, 0.3) is 11.1 Å². The second-order valence-electron chi connectivity index (χ2n) is 6.34. The molecule has 1 aliphatic rings. The zero-order valence-electron chi connectivity index (χ0n) is 14.3. The van der Waals surface area contributed by atoms with E-state index >= 15 is 0 Å². The first-order chi connectivity index (χ1) is 12.6. The van der Waals surface area contributed by atoms with Gasteiger partial charge >= 0.3 is 0 Å². The largest absolute Gasteiger partial charge is 0.326 e. The molecule has 1 aromatic heterocycles. The Bertz CT molecular complexity index is 961. The molecule has 0 unspecified atom stereocenters. The Labute approximate surface area is 150 Å². The first-order valence-corrected chi connectivity index (χ1v) is 8.42. The van der Waals surface area contributed by atoms with Gasteiger partial charge in [-0.3, -0.25) is 9.59 Å². The molecule has 0 saturated carbocycles. The number of carbonyl (C=O) groups excluding carboxylic acids is 2. The van der Waals surface area contributed by atoms with Crippen LogP contribution in [0.2, 0.25) is 0 Å². The van der Waals surface area contributed by atoms with Crippen LogP contribution in [0.15, 0.2) is 60.8 Å². The van der Waals surface area contributed by atoms with E-state index in [1.165, 1.54) is 0 Å². The van der Waals surface area contributed by atoms with Crippen molar-refractivity contribution in [3.8, 4) is 11.1 Å². The molecule has 1 aliphatic heterocycles. The molecule has 3 aromatic rings. The number of hydrogen-bond donors (Lipinski definition) is 2. The summed E-state index contributed by atoms with van der Waals surface area (Å²) in [4.78, 5) is 24.7. The Morgan fingerprint density at radius 2 is 1.88 bits per heavy atom. The van der Waals surface area contributed by atoms with Crippen LogP contribution in [0, 0.1) is 6.92 Å². The van der Waals surface area contributed by atoms with Gasteiger partial charge in [-0.25, -0.2) is 4.68 Å². The number of rotatable bonds is 4. The van der Waals surface area contributed by atoms with Gasteiger partial charge in [-0.2, -0.15) is 5.10 Å². The van der Waals surface area contributed by atoms with E-state index < -0.39 is 6.04 Å². The van der Waals surface area contributed by atoms with Gasteiger partial charge in [0.1, 0.15) is 11.9 Å². The van der Waals surface area contributed by atoms with Gasteiger partial charge in [0.15, 0.2) is 0 Å². The average Bonchev–Trinajstić information content (AvgIpc) is 3.18. The summed E-state index contributed by atoms with van der Waals surface area (Å²) in [6.45, 7) is 1.98. The van der Waals surface area contributed by atoms with Gasteiger partial charge in [0, 0.05) is 11.3 Å². The zero-order valence-corrected chi connectivity index (χ0v) is 14.3. The Morgan fingerprint density at radius 1 is 1.15 bits per heavy atom. The second-order valence-corrected chi connectivity index (χ2v) is 6.34. The number of nitrogens with one attached hydrogen (secondary N) is 2. The van der Waals surface area contributed by atoms with Crippen LogP contribution in [-0.4, -0.2) is 21.6 Å². The van der Waals surface area contributed by atoms with Crippen molar-refractivity contribution in [2.24, 2.45) is 0 Å². The average molecular weight is 346 g/mol. The number of carbonyl (C=O) groups is 2. The number of anilines is 2. The third-order valence-electron chi connectivity index (χ3n) is 4.43. The minimum atomic E-state index is -0.645. The Hall–Kier alpha value is -3.41. The van der Waals surface area contributed by atoms with Gasteiger partial charge in [0.05, 0.1) is 12.6 Å². The summed E-state index contributed by atoms with van der Waals surface area (Å²) in [5, 5.41) is 10.0. The predicted molar refractivity (Wildman–Crippen MR) is 99.8 cm³/mol. The molecule has 6 heteroatoms. The molecule has 0 spiro atoms. The lowest BCUT2D eigenvalue weighted by molar-refractivity contribution is -0.123. The fourth-order valence-corrected chi connectivity index (χ4v) is 3.07. The van der Waals surface area contributed by atoms with E-state index in [2.05, 4.69) is 15.7 Å². The molecular formula is C20H18N4O2. The number of fused-ring (bicyclic) bond motifs is 1. The van der Waals surface area contributed by atoms with Gasteiger partial charge in [0.25, 0.3) is 5.91 Å². The Morgan fingerprint density at radius 3 is 2.62 bits per heavy atom. The molecule has 2 aromatic carbocycles. The lowest BCUT2D eigenvalue weighted by Gasteiger charge is -2.10. The fraction of sp³-hybridized carbons (Fsp3) is 0.150. The van der Waals surface area contributed by atoms with Crippen LogP contribution in [-0.2, 0) is 9.59 Å². The molecule has 2 amide bonds. The van der Waals surface area contributed by atoms with E-state index in [9.17, 15) is 9.59 Å². The highest BCUT2D eigenvalue weighted by molar-refractivity contribution is 6.04. The lowest BCUT2D eigenvalue weighted by Crippen LogP contribution is -2.23. The molecule has 2 N–H and O–H groups in total. The van der Waals surface area contributed by atoms with Crippen molar-refractivity contribution in [2.45, 2.75) is 19.4 Å². The predicted octanol–water partition coefficient (Wildman–Crippen LogP) is 3.38. The molecule has 26 heavy (non-hydrogen) atoms. The molecule has 0 aliphatic carbocycles. The highest BCUT2D eigenvalue weighted by Crippen LogP contribution is 2.35. The summed E-state index contributed by atoms with van der Waals surface area (Å²) in [7, 11) is 0. The first-order valence-electron chi connectivity index (χ1n) is 8.42. The molecule has 0 fully saturated rings. The maximum Gasteiger partial charge on any atom is 0.251 e. The number of amides is 2. The van der Waals surface area contributed by atoms with Crippen LogP contribution in [0.4, 0.5) is 11.5 Å². The van der Waals surface area contributed by atoms with Crippen molar-refractivity contribution in [1.82, 2.24) is 9.78 Å². The van der Waals surface area contributed by atoms with Crippen molar-refractivity contribution in [1.29, 1.82) is 0 Å². The van der Waals surface area contributed by atoms with E-state index in [-0.39, 0.29) is 18.2 Å². The number of nitrogens with zero attached hydrogens (tertiary/aromatic N) is 2. The molecule has 130 valence electrons. The van der Waals surface area contributed by atoms with Crippen molar-refractivity contribution >= 4 is 23.3 Å². The summed E-state index contributed by atoms with van der Waals surface area (Å²) in [6.07, 6.45) is 1.75. The Balaban J connectivity index is 1.52. The summed E-state index contributed by atoms with van der Waals surface area (Å²) >= 11 is 0. The quantitative estimate of drug-likeness (QED) is 0.760. The van der Waals surface area contributed by atoms with Gasteiger partial charge in [-0.05, 0) is 24.6 Å². The minimum Gasteiger partial charge on any atom is -0.326 e. The van der Waals surface area contributed by atoms with E-state index in [4.69, 9.17) is 0 Å². The molecule has 1 atom stereocenters. The molecule has 0 radical (unpaired) electrons. The summed E-state index contributed by atoms with van der Waals surface area (Å²) in [6, 6.07) is 16.6. The topological polar surface area (TPSA) is 76.0 Å². The molecule has 6 nitrogen and oxygen atoms in total. The van der Waals surface area contributed by atoms with Crippen LogP contribution in [0.1, 0.15) is 18.0 Å². The van der Waals surface area contributed by atoms with Crippen LogP contribution in [0.3, 0.4) is 0 Å². The summed E-state index contributed by atoms with van der Waals surface area (Å²) in [5.74, 6) is 0.192. The fourth-order valence-electron chi connectivity index (χ4n) is 3.07. The third kappa shape index (κ3) is 2.97. The molecule has 0 saturated heterocycles. The molecular weight excluding hydrogens is 328 g/mol. The van der Waals surface area contributed by atoms with E-state index in [1.807, 2.05) is 61.5 Å². The number of aromatic nitrogens is 2. The van der Waals surface area contributed by atoms with Crippen molar-refractivity contribution in [2.75, 3.05) is 10.6 Å². The summed E-state index contributed by atoms with van der Waals surface area (Å²) in [5.41, 5.74) is 3.65. The number of hydrogen-bond acceptors (Lipinski definition) is 3.